The molecular weight excluding hydrogens is 148 g/mol. The average Bonchev–Trinajstić information content (AvgIpc) is 1.97. The number of oxime groups is 1. The summed E-state index contributed by atoms with van der Waals surface area (Å²) in [6.07, 6.45) is 1.67. The van der Waals surface area contributed by atoms with Gasteiger partial charge in [0.15, 0.2) is 0 Å². The maximum absolute atomic E-state index is 10.1. The van der Waals surface area contributed by atoms with Crippen LogP contribution in [0.1, 0.15) is 13.3 Å². The fraction of sp³-hybridized carbons (Fsp3) is 0.400. The summed E-state index contributed by atoms with van der Waals surface area (Å²) in [5.74, 6) is 0. The van der Waals surface area contributed by atoms with Crippen LogP contribution in [0.4, 0.5) is 4.79 Å². The highest BCUT2D eigenvalue weighted by atomic mass is 16.4. The molecule has 0 aliphatic heterocycles. The van der Waals surface area contributed by atoms with Gasteiger partial charge in [0.25, 0.3) is 0 Å². The fourth-order valence-electron chi connectivity index (χ4n) is 0.393. The van der Waals surface area contributed by atoms with E-state index in [0.717, 1.165) is 6.21 Å². The second-order valence-corrected chi connectivity index (χ2v) is 1.68. The minimum Gasteiger partial charge on any atom is -0.411 e. The third-order valence-corrected chi connectivity index (χ3v) is 0.879. The summed E-state index contributed by atoms with van der Waals surface area (Å²) in [5.41, 5.74) is 7.17. The number of nitrogens with zero attached hydrogens (tertiary/aromatic N) is 2. The van der Waals surface area contributed by atoms with Crippen molar-refractivity contribution in [2.45, 2.75) is 13.3 Å². The lowest BCUT2D eigenvalue weighted by molar-refractivity contribution is 0.249. The Morgan fingerprint density at radius 3 is 2.82 bits per heavy atom. The van der Waals surface area contributed by atoms with E-state index < -0.39 is 6.03 Å². The molecule has 0 atom stereocenters. The Bertz CT molecular complexity index is 187. The van der Waals surface area contributed by atoms with Gasteiger partial charge in [0.05, 0.1) is 11.9 Å². The maximum atomic E-state index is 10.1. The molecule has 0 rings (SSSR count). The van der Waals surface area contributed by atoms with Crippen molar-refractivity contribution in [2.75, 3.05) is 0 Å². The van der Waals surface area contributed by atoms with Crippen LogP contribution in [0.25, 0.3) is 0 Å². The lowest BCUT2D eigenvalue weighted by atomic mass is 10.3. The molecule has 4 N–H and O–H groups in total. The lowest BCUT2D eigenvalue weighted by Crippen LogP contribution is -2.25. The van der Waals surface area contributed by atoms with Crippen LogP contribution in [0.2, 0.25) is 0 Å². The highest BCUT2D eigenvalue weighted by Gasteiger charge is 1.91. The van der Waals surface area contributed by atoms with E-state index in [-0.39, 0.29) is 0 Å². The van der Waals surface area contributed by atoms with E-state index in [2.05, 4.69) is 10.3 Å². The number of urea groups is 1. The van der Waals surface area contributed by atoms with Gasteiger partial charge in [-0.2, -0.15) is 5.10 Å². The molecule has 0 fully saturated rings. The number of nitrogens with one attached hydrogen (secondary N) is 1. The number of nitrogens with two attached hydrogens (primary N) is 1. The van der Waals surface area contributed by atoms with Crippen LogP contribution in [-0.2, 0) is 0 Å². The molecule has 11 heavy (non-hydrogen) atoms. The number of hydrogen-bond acceptors (Lipinski definition) is 4. The first kappa shape index (κ1) is 9.41. The molecule has 0 radical (unpaired) electrons. The lowest BCUT2D eigenvalue weighted by Gasteiger charge is -1.94. The van der Waals surface area contributed by atoms with Crippen molar-refractivity contribution in [1.29, 1.82) is 0 Å². The molecule has 0 spiro atoms. The summed E-state index contributed by atoms with van der Waals surface area (Å²) in [4.78, 5) is 10.1. The standard InChI is InChI=1S/C5H10N4O2/c1-2-4(3-7-11)8-9-5(6)10/h3,11H,2H2,1H3,(H3,6,9,10)/b7-3+,8-4-. The molecule has 62 valence electrons. The molecule has 0 aliphatic rings. The first-order valence-corrected chi connectivity index (χ1v) is 3.00. The van der Waals surface area contributed by atoms with Crippen LogP contribution in [0.15, 0.2) is 10.3 Å². The van der Waals surface area contributed by atoms with E-state index >= 15 is 0 Å². The fourth-order valence-corrected chi connectivity index (χ4v) is 0.393. The van der Waals surface area contributed by atoms with E-state index in [0.29, 0.717) is 12.1 Å². The van der Waals surface area contributed by atoms with Crippen molar-refractivity contribution in [3.05, 3.63) is 0 Å². The monoisotopic (exact) mass is 158 g/mol. The number of hydrazone groups is 1. The highest BCUT2D eigenvalue weighted by Crippen LogP contribution is 1.79. The maximum Gasteiger partial charge on any atom is 0.332 e. The van der Waals surface area contributed by atoms with E-state index in [9.17, 15) is 4.79 Å². The Morgan fingerprint density at radius 1 is 1.82 bits per heavy atom. The molecule has 0 bridgehead atoms. The van der Waals surface area contributed by atoms with Crippen LogP contribution in [0.3, 0.4) is 0 Å². The third kappa shape index (κ3) is 4.89. The van der Waals surface area contributed by atoms with Crippen molar-refractivity contribution >= 4 is 18.0 Å². The van der Waals surface area contributed by atoms with Crippen LogP contribution >= 0.6 is 0 Å². The number of primary amides is 1. The predicted octanol–water partition coefficient (Wildman–Crippen LogP) is -0.119. The smallest absolute Gasteiger partial charge is 0.332 e. The summed E-state index contributed by atoms with van der Waals surface area (Å²) >= 11 is 0. The second-order valence-electron chi connectivity index (χ2n) is 1.68. The normalized spacial score (nSPS) is 11.9. The van der Waals surface area contributed by atoms with E-state index in [1.807, 2.05) is 5.43 Å². The molecule has 6 heteroatoms. The van der Waals surface area contributed by atoms with Crippen molar-refractivity contribution < 1.29 is 10.0 Å². The molecule has 0 aromatic heterocycles. The van der Waals surface area contributed by atoms with Gasteiger partial charge in [-0.05, 0) is 6.42 Å². The van der Waals surface area contributed by atoms with Crippen LogP contribution in [0.5, 0.6) is 0 Å². The Balaban J connectivity index is 4.01. The second kappa shape index (κ2) is 5.21. The Labute approximate surface area is 63.8 Å². The van der Waals surface area contributed by atoms with E-state index in [4.69, 9.17) is 10.9 Å². The Hall–Kier alpha value is -1.59. The molecular formula is C5H10N4O2. The van der Waals surface area contributed by atoms with Gasteiger partial charge >= 0.3 is 6.03 Å². The molecule has 0 aromatic rings. The molecule has 6 nitrogen and oxygen atoms in total. The van der Waals surface area contributed by atoms with Crippen LogP contribution in [0, 0.1) is 0 Å². The zero-order chi connectivity index (χ0) is 8.69. The molecule has 2 amide bonds. The summed E-state index contributed by atoms with van der Waals surface area (Å²) in [7, 11) is 0. The largest absolute Gasteiger partial charge is 0.411 e. The van der Waals surface area contributed by atoms with Crippen molar-refractivity contribution in [3.63, 3.8) is 0 Å². The summed E-state index contributed by atoms with van der Waals surface area (Å²) < 4.78 is 0. The molecule has 0 heterocycles. The minimum atomic E-state index is -0.748. The van der Waals surface area contributed by atoms with Crippen molar-refractivity contribution in [3.8, 4) is 0 Å². The van der Waals surface area contributed by atoms with Gasteiger partial charge in [0.1, 0.15) is 0 Å². The number of carbonyl (C=O) groups is 1. The molecule has 0 unspecified atom stereocenters. The topological polar surface area (TPSA) is 100 Å². The highest BCUT2D eigenvalue weighted by molar-refractivity contribution is 6.30. The quantitative estimate of drug-likeness (QED) is 0.303. The number of rotatable bonds is 3. The van der Waals surface area contributed by atoms with E-state index in [1.165, 1.54) is 0 Å². The van der Waals surface area contributed by atoms with Crippen molar-refractivity contribution in [2.24, 2.45) is 16.0 Å². The van der Waals surface area contributed by atoms with Crippen LogP contribution in [-0.4, -0.2) is 23.2 Å². The first-order valence-electron chi connectivity index (χ1n) is 3.00. The van der Waals surface area contributed by atoms with Gasteiger partial charge in [-0.1, -0.05) is 12.1 Å². The van der Waals surface area contributed by atoms with Gasteiger partial charge in [0.2, 0.25) is 0 Å². The molecule has 0 aliphatic carbocycles. The predicted molar refractivity (Wildman–Crippen MR) is 40.7 cm³/mol. The molecule has 0 aromatic carbocycles. The third-order valence-electron chi connectivity index (χ3n) is 0.879. The summed E-state index contributed by atoms with van der Waals surface area (Å²) in [6.45, 7) is 1.79. The Kier molecular flexibility index (Phi) is 4.46. The molecule has 0 saturated heterocycles. The van der Waals surface area contributed by atoms with Gasteiger partial charge < -0.3 is 10.9 Å². The van der Waals surface area contributed by atoms with Crippen LogP contribution < -0.4 is 11.2 Å². The number of hydrogen-bond donors (Lipinski definition) is 3. The van der Waals surface area contributed by atoms with E-state index in [1.54, 1.807) is 6.92 Å². The van der Waals surface area contributed by atoms with Crippen molar-refractivity contribution in [1.82, 2.24) is 5.43 Å². The van der Waals surface area contributed by atoms with Gasteiger partial charge in [-0.25, -0.2) is 10.2 Å². The van der Waals surface area contributed by atoms with Gasteiger partial charge in [0, 0.05) is 0 Å². The number of amides is 2. The van der Waals surface area contributed by atoms with Gasteiger partial charge in [-0.15, -0.1) is 0 Å². The summed E-state index contributed by atoms with van der Waals surface area (Å²) in [5, 5.41) is 14.3. The SMILES string of the molecule is CCC(/C=N/O)=N/NC(N)=O. The Morgan fingerprint density at radius 2 is 2.45 bits per heavy atom. The minimum absolute atomic E-state index is 0.436. The molecule has 0 saturated carbocycles. The average molecular weight is 158 g/mol. The summed E-state index contributed by atoms with van der Waals surface area (Å²) in [6, 6.07) is -0.748. The van der Waals surface area contributed by atoms with Gasteiger partial charge in [-0.3, -0.25) is 0 Å². The zero-order valence-corrected chi connectivity index (χ0v) is 6.11. The first-order chi connectivity index (χ1) is 5.20. The number of carbonyl (C=O) groups excluding carboxylic acids is 1. The zero-order valence-electron chi connectivity index (χ0n) is 6.11.